The molecule has 1 amide bonds. The zero-order chi connectivity index (χ0) is 17.6. The highest BCUT2D eigenvalue weighted by atomic mass is 32.1. The molecule has 0 aliphatic heterocycles. The predicted molar refractivity (Wildman–Crippen MR) is 95.3 cm³/mol. The number of nitrogens with one attached hydrogen (secondary N) is 1. The third-order valence-electron chi connectivity index (χ3n) is 3.39. The second-order valence-electron chi connectivity index (χ2n) is 5.12. The van der Waals surface area contributed by atoms with E-state index in [1.807, 2.05) is 17.5 Å². The van der Waals surface area contributed by atoms with Crippen molar-refractivity contribution in [2.45, 2.75) is 6.04 Å². The van der Waals surface area contributed by atoms with E-state index in [4.69, 9.17) is 4.74 Å². The molecule has 25 heavy (non-hydrogen) atoms. The van der Waals surface area contributed by atoms with Crippen LogP contribution in [0.25, 0.3) is 0 Å². The van der Waals surface area contributed by atoms with Crippen molar-refractivity contribution in [2.75, 3.05) is 6.61 Å². The van der Waals surface area contributed by atoms with Crippen molar-refractivity contribution < 1.29 is 18.7 Å². The molecule has 1 unspecified atom stereocenters. The first-order valence-corrected chi connectivity index (χ1v) is 9.18. The number of rotatable bonds is 6. The molecule has 1 aromatic carbocycles. The first kappa shape index (κ1) is 17.3. The fourth-order valence-electron chi connectivity index (χ4n) is 2.23. The summed E-state index contributed by atoms with van der Waals surface area (Å²) in [6.45, 7) is -0.375. The Labute approximate surface area is 151 Å². The van der Waals surface area contributed by atoms with Gasteiger partial charge in [-0.15, -0.1) is 22.7 Å². The zero-order valence-corrected chi connectivity index (χ0v) is 14.6. The number of halogens is 1. The van der Waals surface area contributed by atoms with Gasteiger partial charge in [0.2, 0.25) is 0 Å². The normalized spacial score (nSPS) is 11.7. The highest BCUT2D eigenvalue weighted by Gasteiger charge is 2.19. The van der Waals surface area contributed by atoms with E-state index in [9.17, 15) is 14.0 Å². The van der Waals surface area contributed by atoms with Crippen LogP contribution in [0.1, 0.15) is 26.2 Å². The number of amides is 1. The Bertz CT molecular complexity index is 830. The summed E-state index contributed by atoms with van der Waals surface area (Å²) in [5.74, 6) is -1.29. The van der Waals surface area contributed by atoms with Crippen LogP contribution >= 0.6 is 22.7 Å². The van der Waals surface area contributed by atoms with Crippen molar-refractivity contribution >= 4 is 34.6 Å². The van der Waals surface area contributed by atoms with Gasteiger partial charge in [-0.05, 0) is 40.6 Å². The molecule has 0 spiro atoms. The smallest absolute Gasteiger partial charge is 0.348 e. The molecular weight excluding hydrogens is 361 g/mol. The summed E-state index contributed by atoms with van der Waals surface area (Å²) in [5.41, 5.74) is 0.752. The van der Waals surface area contributed by atoms with Crippen molar-refractivity contribution in [1.82, 2.24) is 5.32 Å². The number of thiophene rings is 2. The highest BCUT2D eigenvalue weighted by Crippen LogP contribution is 2.26. The molecular formula is C18H14FNO3S2. The van der Waals surface area contributed by atoms with Crippen molar-refractivity contribution in [3.63, 3.8) is 0 Å². The summed E-state index contributed by atoms with van der Waals surface area (Å²) in [4.78, 5) is 25.4. The van der Waals surface area contributed by atoms with E-state index >= 15 is 0 Å². The second kappa shape index (κ2) is 8.04. The van der Waals surface area contributed by atoms with E-state index in [2.05, 4.69) is 5.32 Å². The fourth-order valence-corrected chi connectivity index (χ4v) is 3.65. The summed E-state index contributed by atoms with van der Waals surface area (Å²) in [7, 11) is 0. The molecule has 2 heterocycles. The molecule has 128 valence electrons. The van der Waals surface area contributed by atoms with Crippen LogP contribution in [0, 0.1) is 5.82 Å². The van der Waals surface area contributed by atoms with Crippen LogP contribution < -0.4 is 5.32 Å². The lowest BCUT2D eigenvalue weighted by atomic mass is 10.1. The zero-order valence-electron chi connectivity index (χ0n) is 13.0. The van der Waals surface area contributed by atoms with E-state index in [0.717, 1.165) is 10.4 Å². The van der Waals surface area contributed by atoms with Gasteiger partial charge in [-0.1, -0.05) is 24.3 Å². The van der Waals surface area contributed by atoms with Gasteiger partial charge < -0.3 is 10.1 Å². The summed E-state index contributed by atoms with van der Waals surface area (Å²) in [6.07, 6.45) is 0. The Kier molecular flexibility index (Phi) is 5.57. The van der Waals surface area contributed by atoms with Crippen LogP contribution in [0.5, 0.6) is 0 Å². The second-order valence-corrected chi connectivity index (χ2v) is 7.05. The summed E-state index contributed by atoms with van der Waals surface area (Å²) in [5, 5.41) is 6.49. The lowest BCUT2D eigenvalue weighted by Crippen LogP contribution is -2.32. The van der Waals surface area contributed by atoms with E-state index in [1.54, 1.807) is 29.6 Å². The molecule has 4 nitrogen and oxygen atoms in total. The first-order chi connectivity index (χ1) is 12.1. The lowest BCUT2D eigenvalue weighted by Gasteiger charge is -2.18. The minimum Gasteiger partial charge on any atom is -0.451 e. The monoisotopic (exact) mass is 375 g/mol. The molecule has 0 saturated heterocycles. The van der Waals surface area contributed by atoms with Crippen LogP contribution in [0.15, 0.2) is 59.3 Å². The first-order valence-electron chi connectivity index (χ1n) is 7.42. The Morgan fingerprint density at radius 2 is 1.76 bits per heavy atom. The summed E-state index contributed by atoms with van der Waals surface area (Å²) >= 11 is 2.73. The van der Waals surface area contributed by atoms with Crippen LogP contribution in [0.2, 0.25) is 0 Å². The Morgan fingerprint density at radius 3 is 2.40 bits per heavy atom. The average molecular weight is 375 g/mol. The number of benzene rings is 1. The molecule has 1 N–H and O–H groups in total. The van der Waals surface area contributed by atoms with E-state index < -0.39 is 17.9 Å². The van der Waals surface area contributed by atoms with Crippen molar-refractivity contribution in [2.24, 2.45) is 0 Å². The summed E-state index contributed by atoms with van der Waals surface area (Å²) < 4.78 is 18.2. The van der Waals surface area contributed by atoms with Gasteiger partial charge in [0.25, 0.3) is 5.91 Å². The third-order valence-corrected chi connectivity index (χ3v) is 5.18. The highest BCUT2D eigenvalue weighted by molar-refractivity contribution is 7.12. The quantitative estimate of drug-likeness (QED) is 0.662. The molecule has 7 heteroatoms. The molecule has 2 aromatic heterocycles. The molecule has 0 fully saturated rings. The van der Waals surface area contributed by atoms with Crippen LogP contribution in [-0.4, -0.2) is 18.5 Å². The van der Waals surface area contributed by atoms with E-state index in [1.165, 1.54) is 34.8 Å². The number of esters is 1. The van der Waals surface area contributed by atoms with Gasteiger partial charge in [0.1, 0.15) is 10.7 Å². The van der Waals surface area contributed by atoms with Crippen LogP contribution in [-0.2, 0) is 9.53 Å². The molecule has 3 rings (SSSR count). The van der Waals surface area contributed by atoms with Gasteiger partial charge in [-0.2, -0.15) is 0 Å². The van der Waals surface area contributed by atoms with Crippen molar-refractivity contribution in [3.05, 3.63) is 80.4 Å². The largest absolute Gasteiger partial charge is 0.451 e. The minimum absolute atomic E-state index is 0.343. The Hall–Kier alpha value is -2.51. The van der Waals surface area contributed by atoms with Gasteiger partial charge in [-0.25, -0.2) is 9.18 Å². The lowest BCUT2D eigenvalue weighted by molar-refractivity contribution is -0.124. The van der Waals surface area contributed by atoms with Gasteiger partial charge in [0.15, 0.2) is 6.61 Å². The van der Waals surface area contributed by atoms with Gasteiger partial charge in [0.05, 0.1) is 6.04 Å². The number of ether oxygens (including phenoxy) is 1. The summed E-state index contributed by atoms with van der Waals surface area (Å²) in [6, 6.07) is 12.7. The maximum Gasteiger partial charge on any atom is 0.348 e. The standard InChI is InChI=1S/C18H14FNO3S2/c19-13-7-5-12(6-8-13)17(14-3-1-9-24-14)20-16(21)11-23-18(22)15-4-2-10-25-15/h1-10,17H,11H2,(H,20,21). The van der Waals surface area contributed by atoms with E-state index in [-0.39, 0.29) is 12.4 Å². The SMILES string of the molecule is O=C(COC(=O)c1cccs1)NC(c1ccc(F)cc1)c1cccs1. The van der Waals surface area contributed by atoms with Crippen molar-refractivity contribution in [3.8, 4) is 0 Å². The molecule has 0 aliphatic carbocycles. The molecule has 0 aliphatic rings. The fraction of sp³-hybridized carbons (Fsp3) is 0.111. The Balaban J connectivity index is 1.67. The maximum atomic E-state index is 13.2. The van der Waals surface area contributed by atoms with E-state index in [0.29, 0.717) is 4.88 Å². The van der Waals surface area contributed by atoms with Gasteiger partial charge in [0, 0.05) is 4.88 Å². The minimum atomic E-state index is -0.528. The van der Waals surface area contributed by atoms with Crippen LogP contribution in [0.4, 0.5) is 4.39 Å². The third kappa shape index (κ3) is 4.52. The molecule has 0 bridgehead atoms. The molecule has 0 radical (unpaired) electrons. The Morgan fingerprint density at radius 1 is 1.04 bits per heavy atom. The maximum absolute atomic E-state index is 13.2. The van der Waals surface area contributed by atoms with Crippen molar-refractivity contribution in [1.29, 1.82) is 0 Å². The number of hydrogen-bond donors (Lipinski definition) is 1. The number of carbonyl (C=O) groups excluding carboxylic acids is 2. The average Bonchev–Trinajstić information content (AvgIpc) is 3.31. The van der Waals surface area contributed by atoms with Crippen LogP contribution in [0.3, 0.4) is 0 Å². The van der Waals surface area contributed by atoms with Gasteiger partial charge >= 0.3 is 5.97 Å². The predicted octanol–water partition coefficient (Wildman–Crippen LogP) is 4.01. The molecule has 1 atom stereocenters. The number of hydrogen-bond acceptors (Lipinski definition) is 5. The van der Waals surface area contributed by atoms with Gasteiger partial charge in [-0.3, -0.25) is 4.79 Å². The molecule has 0 saturated carbocycles. The topological polar surface area (TPSA) is 55.4 Å². The molecule has 3 aromatic rings. The number of carbonyl (C=O) groups is 2.